The van der Waals surface area contributed by atoms with Crippen molar-refractivity contribution >= 4 is 114 Å². The first-order chi connectivity index (χ1) is 65.6. The number of rotatable bonds is 29. The van der Waals surface area contributed by atoms with Gasteiger partial charge in [-0.25, -0.2) is 24.0 Å². The van der Waals surface area contributed by atoms with Crippen molar-refractivity contribution in [2.45, 2.75) is 338 Å². The molecule has 19 aliphatic rings. The van der Waals surface area contributed by atoms with Gasteiger partial charge >= 0.3 is 114 Å². The van der Waals surface area contributed by atoms with Crippen LogP contribution in [0, 0.1) is 132 Å². The zero-order valence-electron chi connectivity index (χ0n) is 83.1. The quantitative estimate of drug-likeness (QED) is 0.0521. The minimum Gasteiger partial charge on any atom is -0.469 e. The molecule has 41 nitrogen and oxygen atoms in total. The van der Waals surface area contributed by atoms with Crippen LogP contribution in [0.3, 0.4) is 0 Å². The smallest absolute Gasteiger partial charge is 0.373 e. The van der Waals surface area contributed by atoms with Crippen LogP contribution in [0.15, 0.2) is 0 Å². The summed E-state index contributed by atoms with van der Waals surface area (Å²) in [6, 6.07) is 1.98. The Hall–Kier alpha value is -10.7. The van der Waals surface area contributed by atoms with Gasteiger partial charge in [0.1, 0.15) is 66.6 Å². The van der Waals surface area contributed by atoms with E-state index in [9.17, 15) is 91.6 Å². The summed E-state index contributed by atoms with van der Waals surface area (Å²) in [5.74, 6) is -8.48. The molecule has 41 heteroatoms. The Morgan fingerprint density at radius 1 is 0.386 bits per heavy atom. The Morgan fingerprint density at radius 3 is 1.26 bits per heavy atom. The lowest BCUT2D eigenvalue weighted by Crippen LogP contribution is -2.49. The molecule has 774 valence electrons. The molecular weight excluding hydrogens is 1840 g/mol. The molecule has 0 radical (unpaired) electrons. The standard InChI is InChI=1S/C18H24O8.C17H24O6.C16H19NO7.C16H22O6.C16H24O4.C15H20O7.CO2/c1-5-18(2,3)17(22)24-7-10(19)25-13-8-6-9-12(11(8)15(20)23-4)16(21)26-14(9)13;1-5-17(3,4)16(20)21-7-11(18)22-13-9-6-10-12(8(9)2)15(19)23-14(10)13;1-4-15(2,3)13(19)21-6-9(18)23-10-8-5-16(7-17)12(22-8)11(10)24-14(16)20;1-4-16(2,3)15(19)20-7-11(17)21-12-8-5-9-10(6-8)14(18)22-13(9)12;1-4-15(2,3)14(18)20-16-7-10-5-11(8-16)13(17)19-12(6-10)9-16;1-4-15(2,3)14(18)19-6-9(16)21-11-8-5-7-10(20-8)12(11)22-13(7)17;2-1-3/h8-9,11-14H,5-7H2,1-4H3;8-10,12-14H,5-7H2,1-4H3;8,10-12H,4-6H2,1-3H3;8-10,12-13H,4-7H2,1-3H3;10-12H,4-9H2,1-3H3;7-8,10-12H,4-6H2,1-3H3;. The summed E-state index contributed by atoms with van der Waals surface area (Å²) in [5, 5.41) is 9.25. The van der Waals surface area contributed by atoms with Gasteiger partial charge in [0.15, 0.2) is 62.9 Å². The monoisotopic (exact) mass is 1980 g/mol. The first kappa shape index (κ1) is 108. The number of esters is 18. The van der Waals surface area contributed by atoms with Crippen molar-refractivity contribution in [2.24, 2.45) is 121 Å². The molecule has 8 aliphatic carbocycles. The summed E-state index contributed by atoms with van der Waals surface area (Å²) in [7, 11) is 1.27. The number of fused-ring (bicyclic) bond motifs is 6. The Kier molecular flexibility index (Phi) is 32.5. The number of ether oxygens (including phenoxy) is 20. The zero-order chi connectivity index (χ0) is 103. The number of methoxy groups -OCH3 is 1. The van der Waals surface area contributed by atoms with Crippen LogP contribution < -0.4 is 0 Å². The van der Waals surface area contributed by atoms with Gasteiger partial charge in [0, 0.05) is 54.8 Å². The normalized spacial score (nSPS) is 35.6. The first-order valence-corrected chi connectivity index (χ1v) is 48.7. The third kappa shape index (κ3) is 21.6. The maximum absolute atomic E-state index is 12.4. The summed E-state index contributed by atoms with van der Waals surface area (Å²) >= 11 is 0. The van der Waals surface area contributed by atoms with E-state index in [2.05, 4.69) is 0 Å². The Labute approximate surface area is 810 Å². The molecule has 14 bridgehead atoms. The van der Waals surface area contributed by atoms with Gasteiger partial charge in [-0.15, -0.1) is 0 Å². The predicted octanol–water partition coefficient (Wildman–Crippen LogP) is 7.35. The number of nitriles is 1. The highest BCUT2D eigenvalue weighted by atomic mass is 16.7. The van der Waals surface area contributed by atoms with Gasteiger partial charge in [0.05, 0.1) is 87.3 Å². The number of carbonyl (C=O) groups is 18. The second kappa shape index (κ2) is 42.0. The van der Waals surface area contributed by atoms with E-state index < -0.39 is 214 Å². The van der Waals surface area contributed by atoms with Gasteiger partial charge in [0.2, 0.25) is 0 Å². The molecule has 0 aromatic heterocycles. The molecule has 0 spiro atoms. The van der Waals surface area contributed by atoms with Crippen molar-refractivity contribution in [3.05, 3.63) is 0 Å². The van der Waals surface area contributed by atoms with Crippen LogP contribution in [-0.2, 0) is 191 Å². The summed E-state index contributed by atoms with van der Waals surface area (Å²) in [6.45, 7) is 32.5. The number of hydrogen-bond acceptors (Lipinski definition) is 41. The largest absolute Gasteiger partial charge is 0.469 e. The number of hydrogen-bond donors (Lipinski definition) is 0. The highest BCUT2D eigenvalue weighted by Gasteiger charge is 2.76. The van der Waals surface area contributed by atoms with E-state index >= 15 is 0 Å². The molecular formula is C99H133NO40. The van der Waals surface area contributed by atoms with Crippen molar-refractivity contribution in [2.75, 3.05) is 40.1 Å². The van der Waals surface area contributed by atoms with Gasteiger partial charge < -0.3 is 94.7 Å². The Balaban J connectivity index is 0.000000150. The maximum atomic E-state index is 12.4. The minimum absolute atomic E-state index is 0.00636. The summed E-state index contributed by atoms with van der Waals surface area (Å²) < 4.78 is 106. The van der Waals surface area contributed by atoms with Crippen LogP contribution in [0.2, 0.25) is 0 Å². The van der Waals surface area contributed by atoms with Gasteiger partial charge in [-0.2, -0.15) is 14.9 Å². The highest BCUT2D eigenvalue weighted by molar-refractivity contribution is 5.89. The topological polar surface area (TPSA) is 550 Å². The predicted molar refractivity (Wildman–Crippen MR) is 464 cm³/mol. The van der Waals surface area contributed by atoms with Crippen LogP contribution in [0.1, 0.15) is 241 Å². The van der Waals surface area contributed by atoms with Crippen molar-refractivity contribution in [3.63, 3.8) is 0 Å². The lowest BCUT2D eigenvalue weighted by molar-refractivity contribution is -0.192. The molecule has 140 heavy (non-hydrogen) atoms. The van der Waals surface area contributed by atoms with E-state index in [4.69, 9.17) is 104 Å². The van der Waals surface area contributed by atoms with Crippen molar-refractivity contribution in [3.8, 4) is 6.07 Å². The van der Waals surface area contributed by atoms with Crippen LogP contribution in [0.25, 0.3) is 0 Å². The van der Waals surface area contributed by atoms with Gasteiger partial charge in [0.25, 0.3) is 0 Å². The molecule has 0 aromatic rings. The van der Waals surface area contributed by atoms with Crippen LogP contribution in [0.4, 0.5) is 0 Å². The first-order valence-electron chi connectivity index (χ1n) is 48.7. The molecule has 11 saturated heterocycles. The molecule has 11 aliphatic heterocycles. The average molecular weight is 1980 g/mol. The van der Waals surface area contributed by atoms with Crippen LogP contribution >= 0.6 is 0 Å². The maximum Gasteiger partial charge on any atom is 0.373 e. The van der Waals surface area contributed by atoms with E-state index in [1.807, 2.05) is 68.4 Å². The van der Waals surface area contributed by atoms with Gasteiger partial charge in [-0.1, -0.05) is 48.5 Å². The summed E-state index contributed by atoms with van der Waals surface area (Å²) in [4.78, 5) is 231. The Bertz CT molecular complexity index is 4800. The van der Waals surface area contributed by atoms with Gasteiger partial charge in [-0.05, 0) is 185 Å². The molecule has 19 fully saturated rings. The van der Waals surface area contributed by atoms with E-state index in [0.717, 1.165) is 44.9 Å². The fourth-order valence-corrected chi connectivity index (χ4v) is 22.4. The van der Waals surface area contributed by atoms with Crippen LogP contribution in [-0.4, -0.2) is 251 Å². The minimum atomic E-state index is -1.28. The summed E-state index contributed by atoms with van der Waals surface area (Å²) in [6.07, 6.45) is 4.60. The van der Waals surface area contributed by atoms with E-state index in [1.165, 1.54) is 7.11 Å². The van der Waals surface area contributed by atoms with Gasteiger partial charge in [-0.3, -0.25) is 62.3 Å². The molecule has 0 amide bonds. The van der Waals surface area contributed by atoms with E-state index in [0.29, 0.717) is 63.7 Å². The third-order valence-corrected chi connectivity index (χ3v) is 32.9. The second-order valence-electron chi connectivity index (χ2n) is 43.9. The zero-order valence-corrected chi connectivity index (χ0v) is 83.1. The summed E-state index contributed by atoms with van der Waals surface area (Å²) in [5.41, 5.74) is -5.41. The SMILES string of the molecule is CCC(C)(C)C(=O)OC12CC3CC(C1)OC(=O)C(C3)C2.CCC(C)(C)C(=O)OCC(=O)OC1C2CC3(C#N)C(=O)OC1C3O2.CCC(C)(C)C(=O)OCC(=O)OC1C2CC3C(=O)OC1C3C2.CCC(C)(C)C(=O)OCC(=O)OC1C2CC3C(=O)OC1C3O2.CCC(C)(C)C(=O)OCC(=O)OC1C2CC3C1OC(=O)C3C2C.CCC(C)(C)C(=O)OCC(=O)OC1C2CC3C1OC(=O)C3C2C(=O)OC.O=C=O. The molecule has 8 saturated carbocycles. The lowest BCUT2D eigenvalue weighted by Gasteiger charge is -2.46. The molecule has 19 rings (SSSR count). The fourth-order valence-electron chi connectivity index (χ4n) is 22.4. The van der Waals surface area contributed by atoms with Crippen molar-refractivity contribution in [1.29, 1.82) is 5.26 Å². The molecule has 0 N–H and O–H groups in total. The number of carbonyl (C=O) groups excluding carboxylic acids is 20. The van der Waals surface area contributed by atoms with Crippen molar-refractivity contribution < 1.29 is 191 Å². The lowest BCUT2D eigenvalue weighted by atomic mass is 9.65. The second-order valence-corrected chi connectivity index (χ2v) is 43.9. The fraction of sp³-hybridized carbons (Fsp3) is 0.798. The van der Waals surface area contributed by atoms with E-state index in [-0.39, 0.29) is 151 Å². The highest BCUT2D eigenvalue weighted by Crippen LogP contribution is 2.62. The van der Waals surface area contributed by atoms with E-state index in [1.54, 1.807) is 69.2 Å². The van der Waals surface area contributed by atoms with Crippen molar-refractivity contribution in [1.82, 2.24) is 0 Å². The Morgan fingerprint density at radius 2 is 0.793 bits per heavy atom. The molecule has 31 unspecified atom stereocenters. The molecule has 11 heterocycles. The third-order valence-electron chi connectivity index (χ3n) is 32.9. The molecule has 31 atom stereocenters. The van der Waals surface area contributed by atoms with Crippen LogP contribution in [0.5, 0.6) is 0 Å². The average Bonchev–Trinajstić information content (AvgIpc) is 1.54. The number of nitrogens with zero attached hydrogens (tertiary/aromatic N) is 1. The molecule has 0 aromatic carbocycles.